The van der Waals surface area contributed by atoms with Crippen LogP contribution in [0, 0.1) is 0 Å². The summed E-state index contributed by atoms with van der Waals surface area (Å²) in [5, 5.41) is 1.07. The second-order valence-electron chi connectivity index (χ2n) is 5.44. The van der Waals surface area contributed by atoms with E-state index in [-0.39, 0.29) is 0 Å². The number of nitrogens with zero attached hydrogens (tertiary/aromatic N) is 3. The molecule has 1 aliphatic heterocycles. The van der Waals surface area contributed by atoms with Crippen LogP contribution in [0.3, 0.4) is 0 Å². The standard InChI is InChI=1S/C12H17F3N4S/c13-12(14,15)7-18-3-5-19(6-4-18)11-9(8-1-2-8)10(16)17-20-11/h8H,1-7H2,(H2,16,17). The number of aromatic nitrogens is 1. The maximum Gasteiger partial charge on any atom is 0.401 e. The van der Waals surface area contributed by atoms with Crippen LogP contribution in [0.5, 0.6) is 0 Å². The summed E-state index contributed by atoms with van der Waals surface area (Å²) >= 11 is 1.38. The fourth-order valence-corrected chi connectivity index (χ4v) is 3.60. The number of halogens is 3. The Hall–Kier alpha value is -1.02. The zero-order valence-corrected chi connectivity index (χ0v) is 11.8. The number of hydrogen-bond acceptors (Lipinski definition) is 5. The van der Waals surface area contributed by atoms with Crippen molar-refractivity contribution in [1.29, 1.82) is 0 Å². The largest absolute Gasteiger partial charge is 0.401 e. The van der Waals surface area contributed by atoms with Gasteiger partial charge in [0.25, 0.3) is 0 Å². The molecular weight excluding hydrogens is 289 g/mol. The number of alkyl halides is 3. The lowest BCUT2D eigenvalue weighted by atomic mass is 10.2. The molecule has 0 unspecified atom stereocenters. The SMILES string of the molecule is Nc1nsc(N2CCN(CC(F)(F)F)CC2)c1C1CC1. The molecule has 0 aromatic carbocycles. The zero-order valence-electron chi connectivity index (χ0n) is 11.0. The van der Waals surface area contributed by atoms with Gasteiger partial charge in [0.15, 0.2) is 0 Å². The van der Waals surface area contributed by atoms with Gasteiger partial charge in [0.05, 0.1) is 6.54 Å². The van der Waals surface area contributed by atoms with Gasteiger partial charge in [-0.15, -0.1) is 0 Å². The molecule has 0 amide bonds. The van der Waals surface area contributed by atoms with Crippen molar-refractivity contribution >= 4 is 22.4 Å². The van der Waals surface area contributed by atoms with E-state index in [1.54, 1.807) is 0 Å². The van der Waals surface area contributed by atoms with Crippen molar-refractivity contribution in [2.75, 3.05) is 43.4 Å². The van der Waals surface area contributed by atoms with E-state index in [4.69, 9.17) is 5.73 Å². The van der Waals surface area contributed by atoms with Gasteiger partial charge in [0.2, 0.25) is 0 Å². The number of nitrogens with two attached hydrogens (primary N) is 1. The van der Waals surface area contributed by atoms with Crippen LogP contribution in [0.2, 0.25) is 0 Å². The molecule has 8 heteroatoms. The normalized spacial score (nSPS) is 21.4. The molecule has 0 bridgehead atoms. The Morgan fingerprint density at radius 2 is 1.85 bits per heavy atom. The second kappa shape index (κ2) is 5.07. The average molecular weight is 306 g/mol. The fourth-order valence-electron chi connectivity index (χ4n) is 2.65. The molecule has 20 heavy (non-hydrogen) atoms. The van der Waals surface area contributed by atoms with Gasteiger partial charge < -0.3 is 10.6 Å². The van der Waals surface area contributed by atoms with Gasteiger partial charge in [-0.1, -0.05) is 0 Å². The number of anilines is 2. The predicted octanol–water partition coefficient (Wildman–Crippen LogP) is 2.29. The monoisotopic (exact) mass is 306 g/mol. The number of nitrogen functional groups attached to an aromatic ring is 1. The molecule has 0 spiro atoms. The summed E-state index contributed by atoms with van der Waals surface area (Å²) in [5.41, 5.74) is 7.04. The molecule has 1 aromatic rings. The lowest BCUT2D eigenvalue weighted by Gasteiger charge is -2.35. The maximum absolute atomic E-state index is 12.4. The van der Waals surface area contributed by atoms with Crippen LogP contribution >= 0.6 is 11.5 Å². The predicted molar refractivity (Wildman–Crippen MR) is 73.2 cm³/mol. The van der Waals surface area contributed by atoms with Crippen LogP contribution < -0.4 is 10.6 Å². The minimum Gasteiger partial charge on any atom is -0.383 e. The highest BCUT2D eigenvalue weighted by Gasteiger charge is 2.35. The highest BCUT2D eigenvalue weighted by molar-refractivity contribution is 7.10. The first-order valence-corrected chi connectivity index (χ1v) is 7.50. The lowest BCUT2D eigenvalue weighted by molar-refractivity contribution is -0.146. The van der Waals surface area contributed by atoms with Crippen LogP contribution in [0.1, 0.15) is 24.3 Å². The van der Waals surface area contributed by atoms with Crippen molar-refractivity contribution < 1.29 is 13.2 Å². The highest BCUT2D eigenvalue weighted by Crippen LogP contribution is 2.48. The first-order chi connectivity index (χ1) is 9.44. The lowest BCUT2D eigenvalue weighted by Crippen LogP contribution is -2.49. The van der Waals surface area contributed by atoms with Crippen LogP contribution in [0.15, 0.2) is 0 Å². The molecule has 0 atom stereocenters. The minimum absolute atomic E-state index is 0.432. The van der Waals surface area contributed by atoms with E-state index in [1.165, 1.54) is 16.4 Å². The van der Waals surface area contributed by atoms with Gasteiger partial charge in [-0.05, 0) is 30.3 Å². The number of piperazine rings is 1. The van der Waals surface area contributed by atoms with Crippen LogP contribution in [0.25, 0.3) is 0 Å². The first-order valence-electron chi connectivity index (χ1n) is 6.73. The Balaban J connectivity index is 1.64. The molecular formula is C12H17F3N4S. The van der Waals surface area contributed by atoms with Crippen LogP contribution in [-0.4, -0.2) is 48.2 Å². The van der Waals surface area contributed by atoms with Crippen molar-refractivity contribution in [1.82, 2.24) is 9.27 Å². The molecule has 112 valence electrons. The van der Waals surface area contributed by atoms with Crippen molar-refractivity contribution in [3.63, 3.8) is 0 Å². The quantitative estimate of drug-likeness (QED) is 0.930. The van der Waals surface area contributed by atoms with E-state index in [1.807, 2.05) is 0 Å². The molecule has 2 fully saturated rings. The summed E-state index contributed by atoms with van der Waals surface area (Å²) in [6.45, 7) is 1.26. The van der Waals surface area contributed by atoms with Crippen molar-refractivity contribution in [2.24, 2.45) is 0 Å². The maximum atomic E-state index is 12.4. The van der Waals surface area contributed by atoms with E-state index < -0.39 is 12.7 Å². The van der Waals surface area contributed by atoms with Crippen molar-refractivity contribution in [2.45, 2.75) is 24.9 Å². The Morgan fingerprint density at radius 1 is 1.20 bits per heavy atom. The summed E-state index contributed by atoms with van der Waals surface area (Å²) in [7, 11) is 0. The van der Waals surface area contributed by atoms with Gasteiger partial charge in [-0.25, -0.2) is 0 Å². The van der Waals surface area contributed by atoms with Gasteiger partial charge in [0, 0.05) is 31.7 Å². The Bertz CT molecular complexity index is 476. The van der Waals surface area contributed by atoms with E-state index >= 15 is 0 Å². The van der Waals surface area contributed by atoms with Gasteiger partial charge in [-0.2, -0.15) is 17.5 Å². The second-order valence-corrected chi connectivity index (χ2v) is 6.19. The third-order valence-corrected chi connectivity index (χ3v) is 4.72. The molecule has 2 aliphatic rings. The van der Waals surface area contributed by atoms with E-state index in [2.05, 4.69) is 9.27 Å². The Labute approximate surface area is 119 Å². The zero-order chi connectivity index (χ0) is 14.3. The molecule has 1 saturated carbocycles. The molecule has 2 N–H and O–H groups in total. The molecule has 1 aliphatic carbocycles. The topological polar surface area (TPSA) is 45.4 Å². The molecule has 2 heterocycles. The van der Waals surface area contributed by atoms with Gasteiger partial charge in [0.1, 0.15) is 10.8 Å². The summed E-state index contributed by atoms with van der Waals surface area (Å²) in [6, 6.07) is 0. The Kier molecular flexibility index (Phi) is 3.53. The van der Waals surface area contributed by atoms with Crippen molar-refractivity contribution in [3.05, 3.63) is 5.56 Å². The molecule has 0 radical (unpaired) electrons. The minimum atomic E-state index is -4.11. The smallest absolute Gasteiger partial charge is 0.383 e. The third-order valence-electron chi connectivity index (χ3n) is 3.78. The van der Waals surface area contributed by atoms with Crippen LogP contribution in [-0.2, 0) is 0 Å². The highest BCUT2D eigenvalue weighted by atomic mass is 32.1. The van der Waals surface area contributed by atoms with Crippen LogP contribution in [0.4, 0.5) is 24.0 Å². The number of hydrogen-bond donors (Lipinski definition) is 1. The summed E-state index contributed by atoms with van der Waals surface area (Å²) < 4.78 is 41.3. The van der Waals surface area contributed by atoms with Crippen molar-refractivity contribution in [3.8, 4) is 0 Å². The summed E-state index contributed by atoms with van der Waals surface area (Å²) in [4.78, 5) is 3.59. The van der Waals surface area contributed by atoms with E-state index in [0.29, 0.717) is 37.9 Å². The van der Waals surface area contributed by atoms with E-state index in [0.717, 1.165) is 23.4 Å². The summed E-state index contributed by atoms with van der Waals surface area (Å²) in [6.07, 6.45) is -1.83. The molecule has 1 saturated heterocycles. The molecule has 3 rings (SSSR count). The number of rotatable bonds is 3. The van der Waals surface area contributed by atoms with Gasteiger partial charge in [-0.3, -0.25) is 4.90 Å². The summed E-state index contributed by atoms with van der Waals surface area (Å²) in [5.74, 6) is 1.11. The van der Waals surface area contributed by atoms with E-state index in [9.17, 15) is 13.2 Å². The molecule has 1 aromatic heterocycles. The average Bonchev–Trinajstić information content (AvgIpc) is 3.12. The Morgan fingerprint density at radius 3 is 2.40 bits per heavy atom. The fraction of sp³-hybridized carbons (Fsp3) is 0.750. The molecule has 4 nitrogen and oxygen atoms in total. The third kappa shape index (κ3) is 3.01. The first kappa shape index (κ1) is 13.9. The van der Waals surface area contributed by atoms with Gasteiger partial charge >= 0.3 is 6.18 Å².